The second-order valence-electron chi connectivity index (χ2n) is 8.70. The number of rotatable bonds is 4. The summed E-state index contributed by atoms with van der Waals surface area (Å²) in [6, 6.07) is 19.3. The van der Waals surface area contributed by atoms with Gasteiger partial charge in [-0.05, 0) is 85.3 Å². The Kier molecular flexibility index (Phi) is 5.38. The van der Waals surface area contributed by atoms with Crippen molar-refractivity contribution >= 4 is 37.3 Å². The van der Waals surface area contributed by atoms with Crippen LogP contribution in [0.2, 0.25) is 0 Å². The molecule has 4 nitrogen and oxygen atoms in total. The van der Waals surface area contributed by atoms with Crippen LogP contribution in [0.15, 0.2) is 82.2 Å². The molecule has 3 aromatic carbocycles. The summed E-state index contributed by atoms with van der Waals surface area (Å²) in [5.41, 5.74) is 6.44. The van der Waals surface area contributed by atoms with Gasteiger partial charge in [0.05, 0.1) is 10.9 Å². The number of aryl methyl sites for hydroxylation is 2. The van der Waals surface area contributed by atoms with Crippen LogP contribution in [0.4, 0.5) is 11.4 Å². The van der Waals surface area contributed by atoms with Gasteiger partial charge in [0.1, 0.15) is 0 Å². The van der Waals surface area contributed by atoms with Crippen molar-refractivity contribution < 1.29 is 8.42 Å². The summed E-state index contributed by atoms with van der Waals surface area (Å²) in [5, 5.41) is 3.73. The van der Waals surface area contributed by atoms with Gasteiger partial charge in [-0.25, -0.2) is 8.42 Å². The Balaban J connectivity index is 1.50. The topological polar surface area (TPSA) is 58.2 Å². The molecule has 164 valence electrons. The van der Waals surface area contributed by atoms with Gasteiger partial charge in [0, 0.05) is 21.8 Å². The van der Waals surface area contributed by atoms with E-state index in [1.807, 2.05) is 24.3 Å². The van der Waals surface area contributed by atoms with Crippen molar-refractivity contribution in [1.82, 2.24) is 0 Å². The summed E-state index contributed by atoms with van der Waals surface area (Å²) in [5.74, 6) is 0.555. The Morgan fingerprint density at radius 2 is 1.75 bits per heavy atom. The molecular formula is C26H25BrN2O2S. The standard InChI is InChI=1S/C26H25BrN2O2S/c1-16-6-7-17(2)23(14-16)26-22-5-3-4-21(22)24-15-20(12-13-25(24)28-26)32(30,31)29-19-10-8-18(27)9-11-19/h3-4,6-15,21-22,26,28-29H,5H2,1-2H3/t21-,22+,26-/m0/s1. The number of anilines is 2. The van der Waals surface area contributed by atoms with E-state index in [9.17, 15) is 8.42 Å². The molecule has 0 saturated carbocycles. The molecule has 32 heavy (non-hydrogen) atoms. The van der Waals surface area contributed by atoms with Crippen LogP contribution in [0.3, 0.4) is 0 Å². The van der Waals surface area contributed by atoms with Crippen LogP contribution in [0.1, 0.15) is 40.6 Å². The molecule has 2 aliphatic rings. The number of hydrogen-bond donors (Lipinski definition) is 2. The number of fused-ring (bicyclic) bond motifs is 3. The molecule has 0 radical (unpaired) electrons. The molecule has 0 bridgehead atoms. The summed E-state index contributed by atoms with van der Waals surface area (Å²) in [6.45, 7) is 4.28. The molecule has 1 aliphatic carbocycles. The lowest BCUT2D eigenvalue weighted by Crippen LogP contribution is -2.30. The Hall–Kier alpha value is -2.57. The van der Waals surface area contributed by atoms with E-state index in [4.69, 9.17) is 0 Å². The molecule has 5 rings (SSSR count). The fraction of sp³-hybridized carbons (Fsp3) is 0.231. The lowest BCUT2D eigenvalue weighted by atomic mass is 9.76. The molecule has 0 unspecified atom stereocenters. The predicted octanol–water partition coefficient (Wildman–Crippen LogP) is 6.69. The van der Waals surface area contributed by atoms with Crippen LogP contribution in [0, 0.1) is 19.8 Å². The van der Waals surface area contributed by atoms with Gasteiger partial charge < -0.3 is 5.32 Å². The van der Waals surface area contributed by atoms with Crippen molar-refractivity contribution in [3.8, 4) is 0 Å². The van der Waals surface area contributed by atoms with Crippen LogP contribution in [0.5, 0.6) is 0 Å². The van der Waals surface area contributed by atoms with Crippen LogP contribution < -0.4 is 10.0 Å². The highest BCUT2D eigenvalue weighted by Crippen LogP contribution is 2.50. The largest absolute Gasteiger partial charge is 0.378 e. The first kappa shape index (κ1) is 21.3. The molecule has 1 aliphatic heterocycles. The summed E-state index contributed by atoms with van der Waals surface area (Å²) in [6.07, 6.45) is 5.44. The maximum atomic E-state index is 13.1. The van der Waals surface area contributed by atoms with Crippen LogP contribution in [-0.2, 0) is 10.0 Å². The minimum Gasteiger partial charge on any atom is -0.378 e. The third kappa shape index (κ3) is 3.86. The fourth-order valence-corrected chi connectivity index (χ4v) is 6.23. The van der Waals surface area contributed by atoms with E-state index >= 15 is 0 Å². The molecule has 1 heterocycles. The van der Waals surface area contributed by atoms with E-state index in [1.165, 1.54) is 16.7 Å². The maximum absolute atomic E-state index is 13.1. The van der Waals surface area contributed by atoms with Crippen LogP contribution in [0.25, 0.3) is 0 Å². The number of benzene rings is 3. The van der Waals surface area contributed by atoms with E-state index in [-0.39, 0.29) is 16.9 Å². The van der Waals surface area contributed by atoms with Gasteiger partial charge in [0.25, 0.3) is 10.0 Å². The molecular weight excluding hydrogens is 484 g/mol. The normalized spacial score (nSPS) is 21.5. The minimum absolute atomic E-state index is 0.194. The van der Waals surface area contributed by atoms with E-state index in [0.29, 0.717) is 11.6 Å². The fourth-order valence-electron chi connectivity index (χ4n) is 4.87. The SMILES string of the molecule is Cc1ccc(C)c([C@H]2Nc3ccc(S(=O)(=O)Nc4ccc(Br)cc4)cc3[C@H]3C=CC[C@H]32)c1. The van der Waals surface area contributed by atoms with Gasteiger partial charge >= 0.3 is 0 Å². The maximum Gasteiger partial charge on any atom is 0.261 e. The van der Waals surface area contributed by atoms with E-state index in [0.717, 1.165) is 22.1 Å². The van der Waals surface area contributed by atoms with Gasteiger partial charge in [-0.15, -0.1) is 0 Å². The molecule has 3 aromatic rings. The first-order valence-corrected chi connectivity index (χ1v) is 13.0. The second-order valence-corrected chi connectivity index (χ2v) is 11.3. The molecule has 3 atom stereocenters. The zero-order chi connectivity index (χ0) is 22.5. The first-order chi connectivity index (χ1) is 15.3. The molecule has 0 saturated heterocycles. The zero-order valence-electron chi connectivity index (χ0n) is 18.0. The molecule has 0 aromatic heterocycles. The van der Waals surface area contributed by atoms with Gasteiger partial charge in [0.15, 0.2) is 0 Å². The van der Waals surface area contributed by atoms with E-state index in [2.05, 4.69) is 70.2 Å². The molecule has 0 amide bonds. The molecule has 0 spiro atoms. The average molecular weight is 509 g/mol. The number of allylic oxidation sites excluding steroid dienone is 2. The lowest BCUT2D eigenvalue weighted by molar-refractivity contribution is 0.424. The highest BCUT2D eigenvalue weighted by atomic mass is 79.9. The Morgan fingerprint density at radius 3 is 2.53 bits per heavy atom. The van der Waals surface area contributed by atoms with E-state index in [1.54, 1.807) is 18.2 Å². The third-order valence-corrected chi connectivity index (χ3v) is 8.42. The number of hydrogen-bond acceptors (Lipinski definition) is 3. The number of halogens is 1. The molecule has 6 heteroatoms. The molecule has 0 fully saturated rings. The van der Waals surface area contributed by atoms with Gasteiger partial charge in [0.2, 0.25) is 0 Å². The second kappa shape index (κ2) is 8.09. The van der Waals surface area contributed by atoms with Crippen molar-refractivity contribution in [3.63, 3.8) is 0 Å². The highest BCUT2D eigenvalue weighted by Gasteiger charge is 2.39. The highest BCUT2D eigenvalue weighted by molar-refractivity contribution is 9.10. The summed E-state index contributed by atoms with van der Waals surface area (Å²) < 4.78 is 29.7. The van der Waals surface area contributed by atoms with Crippen LogP contribution in [-0.4, -0.2) is 8.42 Å². The van der Waals surface area contributed by atoms with E-state index < -0.39 is 10.0 Å². The van der Waals surface area contributed by atoms with Crippen molar-refractivity contribution in [3.05, 3.63) is 99.5 Å². The van der Waals surface area contributed by atoms with Crippen LogP contribution >= 0.6 is 15.9 Å². The van der Waals surface area contributed by atoms with Crippen molar-refractivity contribution in [2.24, 2.45) is 5.92 Å². The van der Waals surface area contributed by atoms with Gasteiger partial charge in [-0.3, -0.25) is 4.72 Å². The van der Waals surface area contributed by atoms with Gasteiger partial charge in [-0.1, -0.05) is 51.8 Å². The summed E-state index contributed by atoms with van der Waals surface area (Å²) >= 11 is 3.38. The Labute approximate surface area is 197 Å². The zero-order valence-corrected chi connectivity index (χ0v) is 20.4. The summed E-state index contributed by atoms with van der Waals surface area (Å²) in [4.78, 5) is 0.283. The average Bonchev–Trinajstić information content (AvgIpc) is 3.26. The minimum atomic E-state index is -3.68. The number of sulfonamides is 1. The lowest BCUT2D eigenvalue weighted by Gasteiger charge is -2.38. The Bertz CT molecular complexity index is 1320. The molecule has 2 N–H and O–H groups in total. The predicted molar refractivity (Wildman–Crippen MR) is 134 cm³/mol. The third-order valence-electron chi connectivity index (χ3n) is 6.51. The first-order valence-electron chi connectivity index (χ1n) is 10.7. The number of nitrogens with one attached hydrogen (secondary N) is 2. The van der Waals surface area contributed by atoms with Crippen molar-refractivity contribution in [1.29, 1.82) is 0 Å². The Morgan fingerprint density at radius 1 is 0.969 bits per heavy atom. The quantitative estimate of drug-likeness (QED) is 0.385. The van der Waals surface area contributed by atoms with Crippen molar-refractivity contribution in [2.45, 2.75) is 37.1 Å². The van der Waals surface area contributed by atoms with Gasteiger partial charge in [-0.2, -0.15) is 0 Å². The smallest absolute Gasteiger partial charge is 0.261 e. The summed E-state index contributed by atoms with van der Waals surface area (Å²) in [7, 11) is -3.68. The van der Waals surface area contributed by atoms with Crippen molar-refractivity contribution in [2.75, 3.05) is 10.0 Å². The monoisotopic (exact) mass is 508 g/mol.